The first kappa shape index (κ1) is 11.0. The third-order valence-electron chi connectivity index (χ3n) is 2.78. The summed E-state index contributed by atoms with van der Waals surface area (Å²) in [6.45, 7) is 4.33. The predicted octanol–water partition coefficient (Wildman–Crippen LogP) is -0.225. The van der Waals surface area contributed by atoms with E-state index in [2.05, 4.69) is 10.6 Å². The highest BCUT2D eigenvalue weighted by atomic mass is 16.2. The number of nitrogens with zero attached hydrogens (tertiary/aromatic N) is 1. The topological polar surface area (TPSA) is 49.0 Å². The normalized spacial score (nSPS) is 15.9. The van der Waals surface area contributed by atoms with Gasteiger partial charge in [-0.2, -0.15) is 0 Å². The Morgan fingerprint density at radius 1 is 1.25 bits per heavy atom. The number of amides is 2. The molecule has 86 valence electrons. The van der Waals surface area contributed by atoms with Gasteiger partial charge in [0.2, 0.25) is 0 Å². The van der Waals surface area contributed by atoms with Crippen molar-refractivity contribution < 1.29 is 10.1 Å². The molecule has 4 heteroatoms. The van der Waals surface area contributed by atoms with E-state index in [9.17, 15) is 4.79 Å². The van der Waals surface area contributed by atoms with E-state index in [0.29, 0.717) is 6.54 Å². The summed E-state index contributed by atoms with van der Waals surface area (Å²) in [7, 11) is 0. The van der Waals surface area contributed by atoms with Crippen LogP contribution in [0.4, 0.5) is 4.79 Å². The lowest BCUT2D eigenvalue weighted by Gasteiger charge is -2.25. The van der Waals surface area contributed by atoms with Gasteiger partial charge < -0.3 is 15.5 Å². The van der Waals surface area contributed by atoms with Crippen LogP contribution in [-0.4, -0.2) is 37.1 Å². The van der Waals surface area contributed by atoms with Crippen LogP contribution < -0.4 is 10.6 Å². The number of carbonyl (C=O) groups is 1. The molecule has 1 fully saturated rings. The zero-order valence-corrected chi connectivity index (χ0v) is 9.36. The van der Waals surface area contributed by atoms with Crippen molar-refractivity contribution in [1.82, 2.24) is 10.2 Å². The molecule has 0 spiro atoms. The number of urea groups is 1. The minimum absolute atomic E-state index is 0.0527. The summed E-state index contributed by atoms with van der Waals surface area (Å²) in [5.41, 5.74) is 1.14. The van der Waals surface area contributed by atoms with E-state index in [1.807, 2.05) is 35.2 Å². The van der Waals surface area contributed by atoms with E-state index >= 15 is 0 Å². The smallest absolute Gasteiger partial charge is 0.318 e. The Labute approximate surface area is 95.6 Å². The second kappa shape index (κ2) is 5.51. The number of hydrogen-bond donors (Lipinski definition) is 2. The predicted molar refractivity (Wildman–Crippen MR) is 61.9 cm³/mol. The number of benzene rings is 1. The minimum Gasteiger partial charge on any atom is -0.343 e. The number of hydrogen-bond acceptors (Lipinski definition) is 1. The van der Waals surface area contributed by atoms with Crippen LogP contribution in [0.1, 0.15) is 5.56 Å². The fourth-order valence-electron chi connectivity index (χ4n) is 1.84. The lowest BCUT2D eigenvalue weighted by molar-refractivity contribution is -0.661. The maximum atomic E-state index is 11.8. The van der Waals surface area contributed by atoms with Gasteiger partial charge in [-0.05, 0) is 5.56 Å². The van der Waals surface area contributed by atoms with E-state index in [1.165, 1.54) is 0 Å². The quantitative estimate of drug-likeness (QED) is 0.711. The van der Waals surface area contributed by atoms with Crippen LogP contribution in [0.2, 0.25) is 0 Å². The molecule has 3 N–H and O–H groups in total. The highest BCUT2D eigenvalue weighted by Crippen LogP contribution is 1.98. The first-order valence-corrected chi connectivity index (χ1v) is 5.74. The second-order valence-electron chi connectivity index (χ2n) is 4.00. The molecular weight excluding hydrogens is 202 g/mol. The fraction of sp³-hybridized carbons (Fsp3) is 0.417. The molecule has 0 atom stereocenters. The highest BCUT2D eigenvalue weighted by molar-refractivity contribution is 5.74. The molecule has 1 heterocycles. The van der Waals surface area contributed by atoms with Gasteiger partial charge in [0.25, 0.3) is 0 Å². The number of carbonyl (C=O) groups excluding carboxylic acids is 1. The molecule has 1 aliphatic heterocycles. The summed E-state index contributed by atoms with van der Waals surface area (Å²) in [4.78, 5) is 13.7. The zero-order valence-electron chi connectivity index (χ0n) is 9.36. The van der Waals surface area contributed by atoms with Crippen molar-refractivity contribution in [3.8, 4) is 0 Å². The third-order valence-corrected chi connectivity index (χ3v) is 2.78. The summed E-state index contributed by atoms with van der Waals surface area (Å²) in [6, 6.07) is 10.0. The Morgan fingerprint density at radius 2 is 1.94 bits per heavy atom. The van der Waals surface area contributed by atoms with Crippen molar-refractivity contribution in [2.75, 3.05) is 26.2 Å². The average Bonchev–Trinajstić information content (AvgIpc) is 2.38. The van der Waals surface area contributed by atoms with Crippen LogP contribution in [0.25, 0.3) is 0 Å². The van der Waals surface area contributed by atoms with E-state index in [4.69, 9.17) is 0 Å². The Balaban J connectivity index is 1.79. The molecule has 1 aliphatic rings. The molecule has 0 aromatic heterocycles. The van der Waals surface area contributed by atoms with Crippen LogP contribution >= 0.6 is 0 Å². The van der Waals surface area contributed by atoms with Gasteiger partial charge in [0, 0.05) is 6.54 Å². The van der Waals surface area contributed by atoms with Gasteiger partial charge in [-0.15, -0.1) is 0 Å². The average molecular weight is 220 g/mol. The van der Waals surface area contributed by atoms with Gasteiger partial charge in [0.15, 0.2) is 0 Å². The second-order valence-corrected chi connectivity index (χ2v) is 4.00. The van der Waals surface area contributed by atoms with Crippen LogP contribution in [-0.2, 0) is 6.54 Å². The number of nitrogens with one attached hydrogen (secondary N) is 1. The van der Waals surface area contributed by atoms with Gasteiger partial charge in [0.1, 0.15) is 0 Å². The van der Waals surface area contributed by atoms with E-state index < -0.39 is 0 Å². The standard InChI is InChI=1S/C12H17N3O/c16-12(15-8-6-13-7-9-15)14-10-11-4-2-1-3-5-11/h1-5,13H,6-10H2,(H,14,16)/p+1. The van der Waals surface area contributed by atoms with Crippen molar-refractivity contribution in [1.29, 1.82) is 0 Å². The molecule has 16 heavy (non-hydrogen) atoms. The maximum Gasteiger partial charge on any atom is 0.318 e. The fourth-order valence-corrected chi connectivity index (χ4v) is 1.84. The van der Waals surface area contributed by atoms with Gasteiger partial charge >= 0.3 is 6.03 Å². The van der Waals surface area contributed by atoms with Crippen molar-refractivity contribution >= 4 is 6.03 Å². The molecule has 2 amide bonds. The highest BCUT2D eigenvalue weighted by Gasteiger charge is 2.17. The minimum atomic E-state index is 0.0527. The number of nitrogens with two attached hydrogens (primary N) is 1. The van der Waals surface area contributed by atoms with E-state index in [1.54, 1.807) is 0 Å². The van der Waals surface area contributed by atoms with Crippen LogP contribution in [0, 0.1) is 0 Å². The molecule has 2 rings (SSSR count). The number of piperazine rings is 1. The van der Waals surface area contributed by atoms with Crippen LogP contribution in [0.15, 0.2) is 30.3 Å². The van der Waals surface area contributed by atoms with Crippen LogP contribution in [0.5, 0.6) is 0 Å². The summed E-state index contributed by atoms with van der Waals surface area (Å²) in [5, 5.41) is 5.18. The molecule has 0 aliphatic carbocycles. The largest absolute Gasteiger partial charge is 0.343 e. The molecule has 0 unspecified atom stereocenters. The number of rotatable bonds is 2. The third kappa shape index (κ3) is 2.97. The van der Waals surface area contributed by atoms with Crippen molar-refractivity contribution in [2.45, 2.75) is 6.54 Å². The molecule has 0 radical (unpaired) electrons. The molecular formula is C12H18N3O+. The van der Waals surface area contributed by atoms with Gasteiger partial charge in [-0.25, -0.2) is 4.79 Å². The monoisotopic (exact) mass is 220 g/mol. The maximum absolute atomic E-state index is 11.8. The number of quaternary nitrogens is 1. The van der Waals surface area contributed by atoms with Gasteiger partial charge in [-0.1, -0.05) is 30.3 Å². The summed E-state index contributed by atoms with van der Waals surface area (Å²) in [5.74, 6) is 0. The first-order chi connectivity index (χ1) is 7.86. The summed E-state index contributed by atoms with van der Waals surface area (Å²) < 4.78 is 0. The summed E-state index contributed by atoms with van der Waals surface area (Å²) >= 11 is 0. The van der Waals surface area contributed by atoms with Gasteiger partial charge in [0.05, 0.1) is 26.2 Å². The lowest BCUT2D eigenvalue weighted by Crippen LogP contribution is -2.90. The van der Waals surface area contributed by atoms with Gasteiger partial charge in [-0.3, -0.25) is 0 Å². The Morgan fingerprint density at radius 3 is 2.62 bits per heavy atom. The Kier molecular flexibility index (Phi) is 3.77. The molecule has 0 saturated carbocycles. The molecule has 0 bridgehead atoms. The zero-order chi connectivity index (χ0) is 11.2. The van der Waals surface area contributed by atoms with Crippen molar-refractivity contribution in [2.24, 2.45) is 0 Å². The molecule has 1 saturated heterocycles. The molecule has 1 aromatic carbocycles. The summed E-state index contributed by atoms with van der Waals surface area (Å²) in [6.07, 6.45) is 0. The molecule has 1 aromatic rings. The van der Waals surface area contributed by atoms with Crippen molar-refractivity contribution in [3.63, 3.8) is 0 Å². The van der Waals surface area contributed by atoms with Crippen molar-refractivity contribution in [3.05, 3.63) is 35.9 Å². The van der Waals surface area contributed by atoms with Crippen LogP contribution in [0.3, 0.4) is 0 Å². The Hall–Kier alpha value is -1.55. The SMILES string of the molecule is O=C(NCc1ccccc1)N1CC[NH2+]CC1. The lowest BCUT2D eigenvalue weighted by atomic mass is 10.2. The Bertz CT molecular complexity index is 333. The molecule has 4 nitrogen and oxygen atoms in total. The van der Waals surface area contributed by atoms with E-state index in [0.717, 1.165) is 31.7 Å². The first-order valence-electron chi connectivity index (χ1n) is 5.74. The van der Waals surface area contributed by atoms with E-state index in [-0.39, 0.29) is 6.03 Å².